The Morgan fingerprint density at radius 3 is 1.85 bits per heavy atom. The zero-order valence-electron chi connectivity index (χ0n) is 7.99. The summed E-state index contributed by atoms with van der Waals surface area (Å²) in [5.41, 5.74) is 0. The zero-order valence-corrected chi connectivity index (χ0v) is 7.99. The Morgan fingerprint density at radius 2 is 1.62 bits per heavy atom. The molecule has 0 aliphatic heterocycles. The average Bonchev–Trinajstić information content (AvgIpc) is 2.02. The Bertz CT molecular complexity index is 174. The molecule has 0 heterocycles. The summed E-state index contributed by atoms with van der Waals surface area (Å²) in [6.07, 6.45) is 2.06. The molecule has 1 unspecified atom stereocenters. The van der Waals surface area contributed by atoms with E-state index < -0.39 is 17.9 Å². The lowest BCUT2D eigenvalue weighted by molar-refractivity contribution is -0.157. The quantitative estimate of drug-likeness (QED) is 0.621. The average molecular weight is 188 g/mol. The fraction of sp³-hybridized carbons (Fsp3) is 0.778. The summed E-state index contributed by atoms with van der Waals surface area (Å²) < 4.78 is 0. The number of carboxylic acid groups (broad SMARTS) is 2. The highest BCUT2D eigenvalue weighted by Gasteiger charge is 2.32. The lowest BCUT2D eigenvalue weighted by Gasteiger charge is -2.18. The molecule has 13 heavy (non-hydrogen) atoms. The van der Waals surface area contributed by atoms with Crippen LogP contribution in [0, 0.1) is 11.8 Å². The molecule has 0 aromatic rings. The Labute approximate surface area is 77.6 Å². The predicted octanol–water partition coefficient (Wildman–Crippen LogP) is 1.60. The standard InChI is InChI=1S/C9H16O4/c1-3-5-6(4-2)7(8(10)11)9(12)13/h6-7H,3-5H2,1-2H3,(H,10,11)(H,12,13). The second kappa shape index (κ2) is 5.56. The van der Waals surface area contributed by atoms with E-state index >= 15 is 0 Å². The third kappa shape index (κ3) is 3.44. The molecule has 0 aliphatic carbocycles. The van der Waals surface area contributed by atoms with Gasteiger partial charge in [0.25, 0.3) is 0 Å². The van der Waals surface area contributed by atoms with Crippen molar-refractivity contribution in [3.8, 4) is 0 Å². The molecule has 0 aromatic heterocycles. The third-order valence-corrected chi connectivity index (χ3v) is 2.19. The van der Waals surface area contributed by atoms with Crippen molar-refractivity contribution in [2.24, 2.45) is 11.8 Å². The highest BCUT2D eigenvalue weighted by Crippen LogP contribution is 2.21. The molecule has 0 fully saturated rings. The highest BCUT2D eigenvalue weighted by molar-refractivity contribution is 5.93. The predicted molar refractivity (Wildman–Crippen MR) is 47.5 cm³/mol. The molecule has 0 saturated heterocycles. The van der Waals surface area contributed by atoms with Gasteiger partial charge in [0.15, 0.2) is 5.92 Å². The summed E-state index contributed by atoms with van der Waals surface area (Å²) in [5, 5.41) is 17.4. The van der Waals surface area contributed by atoms with E-state index in [-0.39, 0.29) is 5.92 Å². The maximum Gasteiger partial charge on any atom is 0.318 e. The molecule has 4 nitrogen and oxygen atoms in total. The van der Waals surface area contributed by atoms with Crippen molar-refractivity contribution < 1.29 is 19.8 Å². The minimum atomic E-state index is -1.25. The van der Waals surface area contributed by atoms with Crippen LogP contribution in [0.15, 0.2) is 0 Å². The summed E-state index contributed by atoms with van der Waals surface area (Å²) in [6.45, 7) is 3.74. The Kier molecular flexibility index (Phi) is 5.11. The van der Waals surface area contributed by atoms with E-state index in [1.54, 1.807) is 0 Å². The van der Waals surface area contributed by atoms with E-state index in [1.165, 1.54) is 0 Å². The lowest BCUT2D eigenvalue weighted by atomic mass is 9.86. The molecule has 0 aromatic carbocycles. The summed E-state index contributed by atoms with van der Waals surface area (Å²) in [5.74, 6) is -3.95. The number of aliphatic carboxylic acids is 2. The maximum absolute atomic E-state index is 10.6. The molecular weight excluding hydrogens is 172 g/mol. The van der Waals surface area contributed by atoms with Gasteiger partial charge in [-0.05, 0) is 12.3 Å². The van der Waals surface area contributed by atoms with Gasteiger partial charge in [0.2, 0.25) is 0 Å². The second-order valence-corrected chi connectivity index (χ2v) is 3.11. The van der Waals surface area contributed by atoms with Gasteiger partial charge in [0, 0.05) is 0 Å². The molecule has 0 amide bonds. The van der Waals surface area contributed by atoms with Crippen LogP contribution in [-0.4, -0.2) is 22.2 Å². The Hall–Kier alpha value is -1.06. The van der Waals surface area contributed by atoms with E-state index in [1.807, 2.05) is 13.8 Å². The minimum absolute atomic E-state index is 0.250. The molecular formula is C9H16O4. The summed E-state index contributed by atoms with van der Waals surface area (Å²) in [4.78, 5) is 21.3. The van der Waals surface area contributed by atoms with E-state index in [0.717, 1.165) is 6.42 Å². The van der Waals surface area contributed by atoms with E-state index in [4.69, 9.17) is 10.2 Å². The van der Waals surface area contributed by atoms with Crippen LogP contribution in [-0.2, 0) is 9.59 Å². The Morgan fingerprint density at radius 1 is 1.15 bits per heavy atom. The van der Waals surface area contributed by atoms with Crippen molar-refractivity contribution in [3.63, 3.8) is 0 Å². The SMILES string of the molecule is CCCC(CC)C(C(=O)O)C(=O)O. The minimum Gasteiger partial charge on any atom is -0.481 e. The van der Waals surface area contributed by atoms with Gasteiger partial charge in [-0.3, -0.25) is 9.59 Å². The molecule has 2 N–H and O–H groups in total. The normalized spacial score (nSPS) is 12.8. The Balaban J connectivity index is 4.48. The smallest absolute Gasteiger partial charge is 0.318 e. The summed E-state index contributed by atoms with van der Waals surface area (Å²) >= 11 is 0. The largest absolute Gasteiger partial charge is 0.481 e. The first kappa shape index (κ1) is 11.9. The molecule has 0 spiro atoms. The van der Waals surface area contributed by atoms with E-state index in [0.29, 0.717) is 12.8 Å². The highest BCUT2D eigenvalue weighted by atomic mass is 16.4. The lowest BCUT2D eigenvalue weighted by Crippen LogP contribution is -2.30. The number of carboxylic acids is 2. The van der Waals surface area contributed by atoms with Crippen LogP contribution in [0.3, 0.4) is 0 Å². The summed E-state index contributed by atoms with van der Waals surface area (Å²) in [6, 6.07) is 0. The number of rotatable bonds is 6. The van der Waals surface area contributed by atoms with Gasteiger partial charge < -0.3 is 10.2 Å². The molecule has 0 saturated carbocycles. The van der Waals surface area contributed by atoms with Crippen LogP contribution in [0.5, 0.6) is 0 Å². The van der Waals surface area contributed by atoms with Gasteiger partial charge in [-0.25, -0.2) is 0 Å². The molecule has 1 atom stereocenters. The van der Waals surface area contributed by atoms with E-state index in [2.05, 4.69) is 0 Å². The fourth-order valence-corrected chi connectivity index (χ4v) is 1.49. The molecule has 0 aliphatic rings. The van der Waals surface area contributed by atoms with E-state index in [9.17, 15) is 9.59 Å². The summed E-state index contributed by atoms with van der Waals surface area (Å²) in [7, 11) is 0. The van der Waals surface area contributed by atoms with Gasteiger partial charge in [-0.15, -0.1) is 0 Å². The van der Waals surface area contributed by atoms with Crippen molar-refractivity contribution >= 4 is 11.9 Å². The molecule has 0 radical (unpaired) electrons. The first-order valence-electron chi connectivity index (χ1n) is 4.50. The van der Waals surface area contributed by atoms with Crippen LogP contribution in [0.4, 0.5) is 0 Å². The van der Waals surface area contributed by atoms with Crippen LogP contribution in [0.2, 0.25) is 0 Å². The molecule has 4 heteroatoms. The molecule has 0 bridgehead atoms. The van der Waals surface area contributed by atoms with Crippen molar-refractivity contribution in [1.82, 2.24) is 0 Å². The second-order valence-electron chi connectivity index (χ2n) is 3.11. The van der Waals surface area contributed by atoms with Gasteiger partial charge in [-0.1, -0.05) is 26.7 Å². The fourth-order valence-electron chi connectivity index (χ4n) is 1.49. The topological polar surface area (TPSA) is 74.6 Å². The third-order valence-electron chi connectivity index (χ3n) is 2.19. The maximum atomic E-state index is 10.6. The van der Waals surface area contributed by atoms with Crippen molar-refractivity contribution in [2.45, 2.75) is 33.1 Å². The van der Waals surface area contributed by atoms with Crippen LogP contribution >= 0.6 is 0 Å². The van der Waals surface area contributed by atoms with Crippen LogP contribution < -0.4 is 0 Å². The van der Waals surface area contributed by atoms with Crippen LogP contribution in [0.25, 0.3) is 0 Å². The first-order valence-corrected chi connectivity index (χ1v) is 4.50. The van der Waals surface area contributed by atoms with Crippen molar-refractivity contribution in [1.29, 1.82) is 0 Å². The van der Waals surface area contributed by atoms with Gasteiger partial charge >= 0.3 is 11.9 Å². The number of hydrogen-bond acceptors (Lipinski definition) is 2. The van der Waals surface area contributed by atoms with Gasteiger partial charge in [0.1, 0.15) is 0 Å². The molecule has 76 valence electrons. The van der Waals surface area contributed by atoms with Crippen molar-refractivity contribution in [2.75, 3.05) is 0 Å². The van der Waals surface area contributed by atoms with Crippen molar-refractivity contribution in [3.05, 3.63) is 0 Å². The van der Waals surface area contributed by atoms with Gasteiger partial charge in [0.05, 0.1) is 0 Å². The van der Waals surface area contributed by atoms with Crippen LogP contribution in [0.1, 0.15) is 33.1 Å². The monoisotopic (exact) mass is 188 g/mol. The number of hydrogen-bond donors (Lipinski definition) is 2. The van der Waals surface area contributed by atoms with Gasteiger partial charge in [-0.2, -0.15) is 0 Å². The first-order chi connectivity index (χ1) is 6.04. The number of carbonyl (C=O) groups is 2. The molecule has 0 rings (SSSR count). The zero-order chi connectivity index (χ0) is 10.4.